The normalized spacial score (nSPS) is 25.2. The first-order valence-electron chi connectivity index (χ1n) is 10.8. The van der Waals surface area contributed by atoms with Crippen molar-refractivity contribution in [1.29, 1.82) is 0 Å². The lowest BCUT2D eigenvalue weighted by Gasteiger charge is -2.45. The van der Waals surface area contributed by atoms with Crippen molar-refractivity contribution in [3.05, 3.63) is 52.0 Å². The van der Waals surface area contributed by atoms with Gasteiger partial charge in [0.2, 0.25) is 0 Å². The highest BCUT2D eigenvalue weighted by Gasteiger charge is 2.50. The molecule has 2 amide bonds. The molecule has 1 aliphatic carbocycles. The Bertz CT molecular complexity index is 1000. The van der Waals surface area contributed by atoms with Gasteiger partial charge in [0, 0.05) is 22.5 Å². The van der Waals surface area contributed by atoms with Gasteiger partial charge in [-0.05, 0) is 75.2 Å². The lowest BCUT2D eigenvalue weighted by molar-refractivity contribution is 0.156. The van der Waals surface area contributed by atoms with Crippen LogP contribution in [0.15, 0.2) is 36.4 Å². The molecular formula is C24H29Cl2N3O3. The van der Waals surface area contributed by atoms with Gasteiger partial charge in [0.15, 0.2) is 11.5 Å². The molecule has 3 atom stereocenters. The van der Waals surface area contributed by atoms with Crippen LogP contribution in [-0.4, -0.2) is 50.8 Å². The first-order chi connectivity index (χ1) is 15.4. The van der Waals surface area contributed by atoms with Crippen LogP contribution >= 0.6 is 23.2 Å². The fourth-order valence-corrected chi connectivity index (χ4v) is 5.78. The van der Waals surface area contributed by atoms with Gasteiger partial charge in [0.25, 0.3) is 0 Å². The maximum Gasteiger partial charge on any atom is 0.319 e. The molecule has 0 unspecified atom stereocenters. The molecule has 1 saturated heterocycles. The molecule has 1 aliphatic heterocycles. The lowest BCUT2D eigenvalue weighted by atomic mass is 9.65. The summed E-state index contributed by atoms with van der Waals surface area (Å²) in [6.45, 7) is 1.03. The predicted octanol–water partition coefficient (Wildman–Crippen LogP) is 5.33. The number of urea groups is 1. The Hall–Kier alpha value is -2.15. The summed E-state index contributed by atoms with van der Waals surface area (Å²) in [5, 5.41) is 6.93. The second kappa shape index (κ2) is 9.38. The van der Waals surface area contributed by atoms with Gasteiger partial charge in [-0.3, -0.25) is 0 Å². The number of carbonyl (C=O) groups excluding carboxylic acids is 1. The van der Waals surface area contributed by atoms with E-state index in [-0.39, 0.29) is 17.5 Å². The number of ether oxygens (including phenoxy) is 2. The quantitative estimate of drug-likeness (QED) is 0.610. The zero-order valence-electron chi connectivity index (χ0n) is 18.6. The van der Waals surface area contributed by atoms with E-state index >= 15 is 0 Å². The first kappa shape index (κ1) is 23.0. The van der Waals surface area contributed by atoms with Gasteiger partial charge in [-0.1, -0.05) is 29.3 Å². The molecule has 32 heavy (non-hydrogen) atoms. The molecule has 0 spiro atoms. The summed E-state index contributed by atoms with van der Waals surface area (Å²) in [6.07, 6.45) is 3.86. The average Bonchev–Trinajstić information content (AvgIpc) is 3.12. The van der Waals surface area contributed by atoms with E-state index in [0.29, 0.717) is 21.8 Å². The van der Waals surface area contributed by atoms with Crippen LogP contribution in [0.3, 0.4) is 0 Å². The number of fused-ring (bicyclic) bond motifs is 1. The molecule has 0 aromatic heterocycles. The third-order valence-electron chi connectivity index (χ3n) is 7.00. The molecule has 6 nitrogen and oxygen atoms in total. The number of hydrogen-bond acceptors (Lipinski definition) is 4. The van der Waals surface area contributed by atoms with Crippen molar-refractivity contribution in [2.75, 3.05) is 33.1 Å². The number of amides is 2. The van der Waals surface area contributed by atoms with Gasteiger partial charge in [0.05, 0.1) is 24.9 Å². The third-order valence-corrected chi connectivity index (χ3v) is 7.55. The Morgan fingerprint density at radius 3 is 2.59 bits per heavy atom. The summed E-state index contributed by atoms with van der Waals surface area (Å²) in [5.41, 5.74) is 1.87. The summed E-state index contributed by atoms with van der Waals surface area (Å²) >= 11 is 12.1. The number of halogens is 2. The van der Waals surface area contributed by atoms with E-state index in [9.17, 15) is 4.79 Å². The molecule has 2 fully saturated rings. The Morgan fingerprint density at radius 1 is 1.09 bits per heavy atom. The fraction of sp³-hybridized carbons (Fsp3) is 0.458. The Morgan fingerprint density at radius 2 is 1.88 bits per heavy atom. The first-order valence-corrected chi connectivity index (χ1v) is 11.6. The van der Waals surface area contributed by atoms with E-state index in [1.54, 1.807) is 32.4 Å². The van der Waals surface area contributed by atoms with E-state index in [4.69, 9.17) is 32.7 Å². The number of nitrogens with one attached hydrogen (secondary N) is 2. The predicted molar refractivity (Wildman–Crippen MR) is 129 cm³/mol. The molecule has 1 heterocycles. The SMILES string of the molecule is COc1ccc([C@@]23CC[C@H](NC(=O)Nc4ccc(Cl)cc4Cl)C[C@H]2N(C)CC3)cc1OC. The van der Waals surface area contributed by atoms with E-state index in [1.165, 1.54) is 5.56 Å². The van der Waals surface area contributed by atoms with E-state index in [0.717, 1.165) is 43.7 Å². The Kier molecular flexibility index (Phi) is 6.75. The van der Waals surface area contributed by atoms with Gasteiger partial charge in [-0.25, -0.2) is 4.79 Å². The van der Waals surface area contributed by atoms with Crippen LogP contribution in [0.4, 0.5) is 10.5 Å². The molecule has 2 aromatic rings. The number of rotatable bonds is 5. The van der Waals surface area contributed by atoms with Crippen molar-refractivity contribution in [3.63, 3.8) is 0 Å². The van der Waals surface area contributed by atoms with Crippen LogP contribution in [0, 0.1) is 0 Å². The van der Waals surface area contributed by atoms with Crippen LogP contribution in [0.1, 0.15) is 31.2 Å². The molecule has 0 bridgehead atoms. The number of hydrogen-bond donors (Lipinski definition) is 2. The minimum Gasteiger partial charge on any atom is -0.493 e. The number of likely N-dealkylation sites (N-methyl/N-ethyl adjacent to an activating group) is 1. The summed E-state index contributed by atoms with van der Waals surface area (Å²) in [5.74, 6) is 1.50. The summed E-state index contributed by atoms with van der Waals surface area (Å²) < 4.78 is 11.0. The Balaban J connectivity index is 1.48. The molecule has 1 saturated carbocycles. The van der Waals surface area contributed by atoms with Gasteiger partial charge in [-0.2, -0.15) is 0 Å². The zero-order valence-corrected chi connectivity index (χ0v) is 20.1. The summed E-state index contributed by atoms with van der Waals surface area (Å²) in [4.78, 5) is 15.1. The van der Waals surface area contributed by atoms with Crippen molar-refractivity contribution < 1.29 is 14.3 Å². The molecule has 172 valence electrons. The largest absolute Gasteiger partial charge is 0.493 e. The Labute approximate surface area is 199 Å². The van der Waals surface area contributed by atoms with Gasteiger partial charge >= 0.3 is 6.03 Å². The zero-order chi connectivity index (χ0) is 22.9. The van der Waals surface area contributed by atoms with Crippen LogP contribution in [-0.2, 0) is 5.41 Å². The van der Waals surface area contributed by atoms with Crippen molar-refractivity contribution in [2.24, 2.45) is 0 Å². The fourth-order valence-electron chi connectivity index (χ4n) is 5.33. The minimum absolute atomic E-state index is 0.0441. The highest BCUT2D eigenvalue weighted by molar-refractivity contribution is 6.36. The van der Waals surface area contributed by atoms with Crippen molar-refractivity contribution in [1.82, 2.24) is 10.2 Å². The van der Waals surface area contributed by atoms with Crippen LogP contribution in [0.2, 0.25) is 10.0 Å². The second-order valence-electron chi connectivity index (χ2n) is 8.67. The lowest BCUT2D eigenvalue weighted by Crippen LogP contribution is -2.52. The highest BCUT2D eigenvalue weighted by Crippen LogP contribution is 2.49. The van der Waals surface area contributed by atoms with Gasteiger partial charge < -0.3 is 25.0 Å². The molecule has 8 heteroatoms. The standard InChI is InChI=1S/C24H29Cl2N3O3/c1-29-11-10-24(15-4-7-20(31-2)21(12-15)32-3)9-8-17(14-22(24)29)27-23(30)28-19-6-5-16(25)13-18(19)26/h4-7,12-13,17,22H,8-11,14H2,1-3H3,(H2,27,28,30)/t17-,22+,24-/m0/s1. The molecule has 0 radical (unpaired) electrons. The van der Waals surface area contributed by atoms with Gasteiger partial charge in [-0.15, -0.1) is 0 Å². The number of methoxy groups -OCH3 is 2. The monoisotopic (exact) mass is 477 g/mol. The number of nitrogens with zero attached hydrogens (tertiary/aromatic N) is 1. The van der Waals surface area contributed by atoms with Crippen LogP contribution < -0.4 is 20.1 Å². The third kappa shape index (κ3) is 4.36. The smallest absolute Gasteiger partial charge is 0.319 e. The summed E-state index contributed by atoms with van der Waals surface area (Å²) in [7, 11) is 5.49. The van der Waals surface area contributed by atoms with Crippen LogP contribution in [0.5, 0.6) is 11.5 Å². The number of likely N-dealkylation sites (tertiary alicyclic amines) is 1. The molecular weight excluding hydrogens is 449 g/mol. The number of anilines is 1. The molecule has 2 N–H and O–H groups in total. The van der Waals surface area contributed by atoms with Crippen LogP contribution in [0.25, 0.3) is 0 Å². The maximum absolute atomic E-state index is 12.6. The minimum atomic E-state index is -0.251. The molecule has 2 aliphatic rings. The topological polar surface area (TPSA) is 62.8 Å². The van der Waals surface area contributed by atoms with Gasteiger partial charge in [0.1, 0.15) is 0 Å². The van der Waals surface area contributed by atoms with E-state index in [2.05, 4.69) is 34.7 Å². The second-order valence-corrected chi connectivity index (χ2v) is 9.51. The number of benzene rings is 2. The maximum atomic E-state index is 12.6. The highest BCUT2D eigenvalue weighted by atomic mass is 35.5. The van der Waals surface area contributed by atoms with E-state index in [1.807, 2.05) is 6.07 Å². The van der Waals surface area contributed by atoms with Crippen molar-refractivity contribution in [3.8, 4) is 11.5 Å². The van der Waals surface area contributed by atoms with Crippen molar-refractivity contribution >= 4 is 34.9 Å². The summed E-state index contributed by atoms with van der Waals surface area (Å²) in [6, 6.07) is 11.5. The average molecular weight is 478 g/mol. The van der Waals surface area contributed by atoms with E-state index < -0.39 is 0 Å². The van der Waals surface area contributed by atoms with Crippen molar-refractivity contribution in [2.45, 2.75) is 43.2 Å². The molecule has 2 aromatic carbocycles. The number of carbonyl (C=O) groups is 1. The molecule has 4 rings (SSSR count).